The Kier molecular flexibility index (Phi) is 6.07. The van der Waals surface area contributed by atoms with Gasteiger partial charge in [0.1, 0.15) is 11.5 Å². The maximum absolute atomic E-state index is 12.6. The standard InChI is InChI=1S/C19H27N3O3/c1-12(11-16-9-7-8-10-17(16)24-6)22(5)19(23)20-13(2)18-14(3)21-25-15(18)4/h7-10,12-13H,11H2,1-6H3,(H,20,23). The SMILES string of the molecule is COc1ccccc1CC(C)N(C)C(=O)NC(C)c1c(C)noc1C. The first-order valence-corrected chi connectivity index (χ1v) is 8.43. The smallest absolute Gasteiger partial charge is 0.317 e. The number of nitrogens with one attached hydrogen (secondary N) is 1. The number of hydrogen-bond donors (Lipinski definition) is 1. The zero-order valence-electron chi connectivity index (χ0n) is 15.8. The second kappa shape index (κ2) is 8.05. The normalized spacial score (nSPS) is 13.2. The lowest BCUT2D eigenvalue weighted by atomic mass is 10.1. The molecule has 2 unspecified atom stereocenters. The van der Waals surface area contributed by atoms with Crippen LogP contribution in [0, 0.1) is 13.8 Å². The molecule has 0 saturated carbocycles. The van der Waals surface area contributed by atoms with Gasteiger partial charge in [-0.2, -0.15) is 0 Å². The van der Waals surface area contributed by atoms with Crippen LogP contribution in [0.2, 0.25) is 0 Å². The lowest BCUT2D eigenvalue weighted by Gasteiger charge is -2.27. The van der Waals surface area contributed by atoms with Gasteiger partial charge >= 0.3 is 6.03 Å². The van der Waals surface area contributed by atoms with E-state index in [-0.39, 0.29) is 18.1 Å². The highest BCUT2D eigenvalue weighted by molar-refractivity contribution is 5.74. The number of urea groups is 1. The predicted molar refractivity (Wildman–Crippen MR) is 96.8 cm³/mol. The molecule has 25 heavy (non-hydrogen) atoms. The number of aryl methyl sites for hydroxylation is 2. The van der Waals surface area contributed by atoms with Crippen LogP contribution in [0.3, 0.4) is 0 Å². The molecule has 1 aromatic carbocycles. The van der Waals surface area contributed by atoms with Gasteiger partial charge in [0.25, 0.3) is 0 Å². The fraction of sp³-hybridized carbons (Fsp3) is 0.474. The van der Waals surface area contributed by atoms with Gasteiger partial charge in [-0.15, -0.1) is 0 Å². The first-order valence-electron chi connectivity index (χ1n) is 8.43. The molecule has 0 aliphatic rings. The molecule has 1 aromatic heterocycles. The molecule has 2 rings (SSSR count). The fourth-order valence-corrected chi connectivity index (χ4v) is 2.99. The minimum Gasteiger partial charge on any atom is -0.496 e. The van der Waals surface area contributed by atoms with Crippen molar-refractivity contribution in [3.8, 4) is 5.75 Å². The molecule has 1 N–H and O–H groups in total. The van der Waals surface area contributed by atoms with Crippen LogP contribution in [0.25, 0.3) is 0 Å². The van der Waals surface area contributed by atoms with Crippen LogP contribution in [-0.4, -0.2) is 36.3 Å². The van der Waals surface area contributed by atoms with E-state index < -0.39 is 0 Å². The summed E-state index contributed by atoms with van der Waals surface area (Å²) < 4.78 is 10.6. The molecule has 0 bridgehead atoms. The van der Waals surface area contributed by atoms with Gasteiger partial charge in [-0.05, 0) is 45.7 Å². The highest BCUT2D eigenvalue weighted by Gasteiger charge is 2.22. The molecule has 2 amide bonds. The molecule has 0 saturated heterocycles. The van der Waals surface area contributed by atoms with Gasteiger partial charge < -0.3 is 19.5 Å². The number of hydrogen-bond acceptors (Lipinski definition) is 4. The van der Waals surface area contributed by atoms with E-state index in [1.807, 2.05) is 52.0 Å². The number of benzene rings is 1. The monoisotopic (exact) mass is 345 g/mol. The molecule has 1 heterocycles. The van der Waals surface area contributed by atoms with Crippen molar-refractivity contribution in [2.75, 3.05) is 14.2 Å². The van der Waals surface area contributed by atoms with Crippen LogP contribution in [0.15, 0.2) is 28.8 Å². The highest BCUT2D eigenvalue weighted by Crippen LogP contribution is 2.22. The molecule has 2 aromatic rings. The Morgan fingerprint density at radius 3 is 2.60 bits per heavy atom. The first-order chi connectivity index (χ1) is 11.8. The number of aromatic nitrogens is 1. The predicted octanol–water partition coefficient (Wildman–Crippen LogP) is 3.63. The van der Waals surface area contributed by atoms with E-state index in [2.05, 4.69) is 10.5 Å². The van der Waals surface area contributed by atoms with Crippen molar-refractivity contribution in [2.24, 2.45) is 0 Å². The van der Waals surface area contributed by atoms with E-state index in [1.165, 1.54) is 0 Å². The molecule has 6 heteroatoms. The van der Waals surface area contributed by atoms with E-state index in [9.17, 15) is 4.79 Å². The molecule has 0 radical (unpaired) electrons. The van der Waals surface area contributed by atoms with E-state index >= 15 is 0 Å². The molecule has 0 spiro atoms. The molecular formula is C19H27N3O3. The van der Waals surface area contributed by atoms with Crippen LogP contribution in [0.4, 0.5) is 4.79 Å². The minimum atomic E-state index is -0.167. The van der Waals surface area contributed by atoms with Gasteiger partial charge in [-0.25, -0.2) is 4.79 Å². The Morgan fingerprint density at radius 2 is 2.00 bits per heavy atom. The van der Waals surface area contributed by atoms with Crippen LogP contribution >= 0.6 is 0 Å². The summed E-state index contributed by atoms with van der Waals surface area (Å²) in [6.45, 7) is 7.68. The van der Waals surface area contributed by atoms with Crippen molar-refractivity contribution >= 4 is 6.03 Å². The van der Waals surface area contributed by atoms with Gasteiger partial charge in [-0.3, -0.25) is 0 Å². The number of para-hydroxylation sites is 1. The van der Waals surface area contributed by atoms with Crippen LogP contribution < -0.4 is 10.1 Å². The van der Waals surface area contributed by atoms with Crippen LogP contribution in [0.1, 0.15) is 42.5 Å². The average molecular weight is 345 g/mol. The van der Waals surface area contributed by atoms with Crippen LogP contribution in [-0.2, 0) is 6.42 Å². The number of carbonyl (C=O) groups is 1. The lowest BCUT2D eigenvalue weighted by Crippen LogP contribution is -2.44. The Bertz CT molecular complexity index is 707. The van der Waals surface area contributed by atoms with E-state index in [4.69, 9.17) is 9.26 Å². The average Bonchev–Trinajstić information content (AvgIpc) is 2.93. The summed E-state index contributed by atoms with van der Waals surface area (Å²) in [5.74, 6) is 1.57. The van der Waals surface area contributed by atoms with Crippen LogP contribution in [0.5, 0.6) is 5.75 Å². The summed E-state index contributed by atoms with van der Waals surface area (Å²) in [7, 11) is 3.46. The lowest BCUT2D eigenvalue weighted by molar-refractivity contribution is 0.190. The molecule has 0 fully saturated rings. The summed E-state index contributed by atoms with van der Waals surface area (Å²) in [6.07, 6.45) is 0.716. The fourth-order valence-electron chi connectivity index (χ4n) is 2.99. The molecule has 6 nitrogen and oxygen atoms in total. The summed E-state index contributed by atoms with van der Waals surface area (Å²) in [4.78, 5) is 14.3. The molecule has 0 aliphatic carbocycles. The number of ether oxygens (including phenoxy) is 1. The Hall–Kier alpha value is -2.50. The molecule has 136 valence electrons. The maximum Gasteiger partial charge on any atom is 0.317 e. The number of methoxy groups -OCH3 is 1. The van der Waals surface area contributed by atoms with Crippen molar-refractivity contribution in [3.05, 3.63) is 46.8 Å². The van der Waals surface area contributed by atoms with Gasteiger partial charge in [0, 0.05) is 18.7 Å². The largest absolute Gasteiger partial charge is 0.496 e. The Morgan fingerprint density at radius 1 is 1.32 bits per heavy atom. The molecule has 2 atom stereocenters. The topological polar surface area (TPSA) is 67.6 Å². The van der Waals surface area contributed by atoms with Crippen molar-refractivity contribution in [1.82, 2.24) is 15.4 Å². The number of likely N-dealkylation sites (N-methyl/N-ethyl adjacent to an activating group) is 1. The summed E-state index contributed by atoms with van der Waals surface area (Å²) in [5.41, 5.74) is 2.81. The van der Waals surface area contributed by atoms with Crippen molar-refractivity contribution in [1.29, 1.82) is 0 Å². The van der Waals surface area contributed by atoms with Gasteiger partial charge in [0.2, 0.25) is 0 Å². The summed E-state index contributed by atoms with van der Waals surface area (Å²) >= 11 is 0. The van der Waals surface area contributed by atoms with Gasteiger partial charge in [-0.1, -0.05) is 23.4 Å². The van der Waals surface area contributed by atoms with Gasteiger partial charge in [0.15, 0.2) is 0 Å². The Labute approximate surface area is 149 Å². The third-order valence-corrected chi connectivity index (χ3v) is 4.55. The summed E-state index contributed by atoms with van der Waals surface area (Å²) in [6, 6.07) is 7.59. The number of amides is 2. The first kappa shape index (κ1) is 18.8. The second-order valence-corrected chi connectivity index (χ2v) is 6.38. The van der Waals surface area contributed by atoms with E-state index in [0.717, 1.165) is 28.3 Å². The maximum atomic E-state index is 12.6. The second-order valence-electron chi connectivity index (χ2n) is 6.38. The summed E-state index contributed by atoms with van der Waals surface area (Å²) in [5, 5.41) is 6.96. The number of rotatable bonds is 6. The van der Waals surface area contributed by atoms with Crippen molar-refractivity contribution in [3.63, 3.8) is 0 Å². The Balaban J connectivity index is 2.01. The quantitative estimate of drug-likeness (QED) is 0.868. The molecular weight excluding hydrogens is 318 g/mol. The molecule has 0 aliphatic heterocycles. The third kappa shape index (κ3) is 4.32. The highest BCUT2D eigenvalue weighted by atomic mass is 16.5. The number of nitrogens with zero attached hydrogens (tertiary/aromatic N) is 2. The van der Waals surface area contributed by atoms with Gasteiger partial charge in [0.05, 0.1) is 18.8 Å². The van der Waals surface area contributed by atoms with E-state index in [0.29, 0.717) is 6.42 Å². The zero-order chi connectivity index (χ0) is 18.6. The van der Waals surface area contributed by atoms with Crippen molar-refractivity contribution < 1.29 is 14.1 Å². The third-order valence-electron chi connectivity index (χ3n) is 4.55. The minimum absolute atomic E-state index is 0.0215. The zero-order valence-corrected chi connectivity index (χ0v) is 15.8. The number of carbonyl (C=O) groups excluding carboxylic acids is 1. The van der Waals surface area contributed by atoms with Crippen molar-refractivity contribution in [2.45, 2.75) is 46.2 Å². The van der Waals surface area contributed by atoms with E-state index in [1.54, 1.807) is 19.1 Å².